The largest absolute Gasteiger partial charge is 0.497 e. The van der Waals surface area contributed by atoms with Crippen LogP contribution in [0, 0.1) is 0 Å². The summed E-state index contributed by atoms with van der Waals surface area (Å²) in [4.78, 5) is 15.5. The Morgan fingerprint density at radius 2 is 1.85 bits per heavy atom. The van der Waals surface area contributed by atoms with Gasteiger partial charge in [-0.25, -0.2) is 0 Å². The lowest BCUT2D eigenvalue weighted by atomic mass is 10.1. The number of carbonyl (C=O) groups excluding carboxylic acids is 1. The van der Waals surface area contributed by atoms with E-state index in [1.807, 2.05) is 4.68 Å². The van der Waals surface area contributed by atoms with Crippen LogP contribution in [-0.2, 0) is 16.1 Å². The number of methoxy groups -OCH3 is 1. The Bertz CT molecular complexity index is 1130. The number of fused-ring (bicyclic) bond motifs is 1. The van der Waals surface area contributed by atoms with Crippen molar-refractivity contribution in [3.63, 3.8) is 0 Å². The standard InChI is InChI=1S/C26H34N4O4/c1-18(2)30-23-11-6-19(17-29-12-14-33-15-13-29)16-22(23)24(28-30)34-26(3,4)25(31)27-20-7-9-21(32-5)10-8-20/h6-11,16,18H,12-15,17H2,1-5H3,(H,27,31). The minimum Gasteiger partial charge on any atom is -0.497 e. The van der Waals surface area contributed by atoms with Gasteiger partial charge in [0.1, 0.15) is 5.75 Å². The zero-order valence-corrected chi connectivity index (χ0v) is 20.6. The van der Waals surface area contributed by atoms with Crippen LogP contribution >= 0.6 is 0 Å². The van der Waals surface area contributed by atoms with Gasteiger partial charge in [0, 0.05) is 31.4 Å². The highest BCUT2D eigenvalue weighted by atomic mass is 16.5. The zero-order chi connectivity index (χ0) is 24.3. The van der Waals surface area contributed by atoms with Crippen LogP contribution in [0.25, 0.3) is 10.9 Å². The topological polar surface area (TPSA) is 77.8 Å². The number of benzene rings is 2. The molecule has 0 unspecified atom stereocenters. The molecule has 0 radical (unpaired) electrons. The Kier molecular flexibility index (Phi) is 7.09. The predicted octanol–water partition coefficient (Wildman–Crippen LogP) is 4.25. The normalized spacial score (nSPS) is 15.0. The molecule has 0 spiro atoms. The number of ether oxygens (including phenoxy) is 3. The highest BCUT2D eigenvalue weighted by Gasteiger charge is 2.32. The molecule has 8 nitrogen and oxygen atoms in total. The molecular weight excluding hydrogens is 432 g/mol. The molecule has 1 aliphatic heterocycles. The van der Waals surface area contributed by atoms with Crippen LogP contribution in [0.1, 0.15) is 39.3 Å². The van der Waals surface area contributed by atoms with E-state index in [4.69, 9.17) is 19.3 Å². The molecule has 1 aliphatic rings. The van der Waals surface area contributed by atoms with Crippen LogP contribution in [0.2, 0.25) is 0 Å². The molecule has 1 fully saturated rings. The molecule has 1 N–H and O–H groups in total. The number of hydrogen-bond donors (Lipinski definition) is 1. The summed E-state index contributed by atoms with van der Waals surface area (Å²) in [5, 5.41) is 8.57. The number of rotatable bonds is 8. The maximum absolute atomic E-state index is 13.1. The Hall–Kier alpha value is -3.10. The van der Waals surface area contributed by atoms with Gasteiger partial charge in [-0.15, -0.1) is 5.10 Å². The third kappa shape index (κ3) is 5.34. The van der Waals surface area contributed by atoms with Crippen LogP contribution in [0.3, 0.4) is 0 Å². The molecule has 182 valence electrons. The third-order valence-corrected chi connectivity index (χ3v) is 5.98. The van der Waals surface area contributed by atoms with Crippen molar-refractivity contribution in [1.29, 1.82) is 0 Å². The SMILES string of the molecule is COc1ccc(NC(=O)C(C)(C)Oc2nn(C(C)C)c3ccc(CN4CCOCC4)cc23)cc1. The minimum absolute atomic E-state index is 0.154. The number of morpholine rings is 1. The van der Waals surface area contributed by atoms with Crippen molar-refractivity contribution in [2.45, 2.75) is 45.9 Å². The molecule has 1 aromatic heterocycles. The van der Waals surface area contributed by atoms with E-state index in [2.05, 4.69) is 42.3 Å². The van der Waals surface area contributed by atoms with Crippen LogP contribution < -0.4 is 14.8 Å². The van der Waals surface area contributed by atoms with Crippen LogP contribution in [0.15, 0.2) is 42.5 Å². The van der Waals surface area contributed by atoms with E-state index in [1.165, 1.54) is 5.56 Å². The molecule has 3 aromatic rings. The van der Waals surface area contributed by atoms with E-state index in [0.717, 1.165) is 49.5 Å². The molecular formula is C26H34N4O4. The average molecular weight is 467 g/mol. The fourth-order valence-electron chi connectivity index (χ4n) is 3.99. The van der Waals surface area contributed by atoms with Gasteiger partial charge in [-0.1, -0.05) is 6.07 Å². The Balaban J connectivity index is 1.57. The maximum Gasteiger partial charge on any atom is 0.268 e. The third-order valence-electron chi connectivity index (χ3n) is 5.98. The summed E-state index contributed by atoms with van der Waals surface area (Å²) in [5.41, 5.74) is 1.71. The lowest BCUT2D eigenvalue weighted by Crippen LogP contribution is -2.42. The number of nitrogens with zero attached hydrogens (tertiary/aromatic N) is 3. The minimum atomic E-state index is -1.14. The second-order valence-electron chi connectivity index (χ2n) is 9.38. The highest BCUT2D eigenvalue weighted by molar-refractivity contribution is 5.97. The summed E-state index contributed by atoms with van der Waals surface area (Å²) in [5.74, 6) is 0.934. The van der Waals surface area contributed by atoms with Crippen molar-refractivity contribution in [3.05, 3.63) is 48.0 Å². The van der Waals surface area contributed by atoms with Gasteiger partial charge >= 0.3 is 0 Å². The lowest BCUT2D eigenvalue weighted by molar-refractivity contribution is -0.128. The number of aromatic nitrogens is 2. The second kappa shape index (κ2) is 10.0. The van der Waals surface area contributed by atoms with E-state index in [0.29, 0.717) is 11.6 Å². The summed E-state index contributed by atoms with van der Waals surface area (Å²) in [6.45, 7) is 11.9. The van der Waals surface area contributed by atoms with Crippen LogP contribution in [0.5, 0.6) is 11.6 Å². The molecule has 1 amide bonds. The zero-order valence-electron chi connectivity index (χ0n) is 20.6. The van der Waals surface area contributed by atoms with Gasteiger partial charge in [0.2, 0.25) is 5.88 Å². The van der Waals surface area contributed by atoms with Gasteiger partial charge in [0.25, 0.3) is 5.91 Å². The average Bonchev–Trinajstić information content (AvgIpc) is 3.17. The van der Waals surface area contributed by atoms with E-state index in [9.17, 15) is 4.79 Å². The molecule has 0 bridgehead atoms. The number of amides is 1. The number of carbonyl (C=O) groups is 1. The summed E-state index contributed by atoms with van der Waals surface area (Å²) in [6.07, 6.45) is 0. The quantitative estimate of drug-likeness (QED) is 0.535. The van der Waals surface area contributed by atoms with Crippen molar-refractivity contribution in [3.8, 4) is 11.6 Å². The molecule has 2 heterocycles. The maximum atomic E-state index is 13.1. The van der Waals surface area contributed by atoms with Crippen LogP contribution in [0.4, 0.5) is 5.69 Å². The summed E-state index contributed by atoms with van der Waals surface area (Å²) < 4.78 is 18.9. The summed E-state index contributed by atoms with van der Waals surface area (Å²) >= 11 is 0. The van der Waals surface area contributed by atoms with Crippen LogP contribution in [-0.4, -0.2) is 59.6 Å². The van der Waals surface area contributed by atoms with E-state index < -0.39 is 5.60 Å². The molecule has 1 saturated heterocycles. The predicted molar refractivity (Wildman–Crippen MR) is 133 cm³/mol. The van der Waals surface area contributed by atoms with Crippen molar-refractivity contribution in [2.75, 3.05) is 38.7 Å². The van der Waals surface area contributed by atoms with Crippen molar-refractivity contribution in [1.82, 2.24) is 14.7 Å². The van der Waals surface area contributed by atoms with Gasteiger partial charge < -0.3 is 19.5 Å². The molecule has 0 aliphatic carbocycles. The number of hydrogen-bond acceptors (Lipinski definition) is 6. The molecule has 8 heteroatoms. The molecule has 0 saturated carbocycles. The van der Waals surface area contributed by atoms with E-state index >= 15 is 0 Å². The van der Waals surface area contributed by atoms with Gasteiger partial charge in [-0.05, 0) is 69.7 Å². The lowest BCUT2D eigenvalue weighted by Gasteiger charge is -2.26. The first-order valence-corrected chi connectivity index (χ1v) is 11.7. The first-order valence-electron chi connectivity index (χ1n) is 11.7. The molecule has 2 aromatic carbocycles. The van der Waals surface area contributed by atoms with Crippen molar-refractivity contribution in [2.24, 2.45) is 0 Å². The van der Waals surface area contributed by atoms with Gasteiger partial charge in [-0.3, -0.25) is 14.4 Å². The second-order valence-corrected chi connectivity index (χ2v) is 9.38. The Morgan fingerprint density at radius 3 is 2.50 bits per heavy atom. The molecule has 0 atom stereocenters. The summed E-state index contributed by atoms with van der Waals surface area (Å²) in [7, 11) is 1.61. The Labute approximate surface area is 200 Å². The number of nitrogens with one attached hydrogen (secondary N) is 1. The van der Waals surface area contributed by atoms with E-state index in [-0.39, 0.29) is 11.9 Å². The van der Waals surface area contributed by atoms with Gasteiger partial charge in [0.05, 0.1) is 31.2 Å². The Morgan fingerprint density at radius 1 is 1.15 bits per heavy atom. The highest BCUT2D eigenvalue weighted by Crippen LogP contribution is 2.32. The molecule has 4 rings (SSSR count). The molecule has 34 heavy (non-hydrogen) atoms. The fraction of sp³-hybridized carbons (Fsp3) is 0.462. The first kappa shape index (κ1) is 24.0. The smallest absolute Gasteiger partial charge is 0.268 e. The van der Waals surface area contributed by atoms with Gasteiger partial charge in [0.15, 0.2) is 5.60 Å². The fourth-order valence-corrected chi connectivity index (χ4v) is 3.99. The first-order chi connectivity index (χ1) is 16.3. The van der Waals surface area contributed by atoms with Gasteiger partial charge in [-0.2, -0.15) is 0 Å². The van der Waals surface area contributed by atoms with Crippen molar-refractivity contribution >= 4 is 22.5 Å². The monoisotopic (exact) mass is 466 g/mol. The van der Waals surface area contributed by atoms with E-state index in [1.54, 1.807) is 45.2 Å². The summed E-state index contributed by atoms with van der Waals surface area (Å²) in [6, 6.07) is 13.7. The van der Waals surface area contributed by atoms with Crippen molar-refractivity contribution < 1.29 is 19.0 Å². The number of anilines is 1.